The molecule has 1 amide bonds. The number of hydrogen-bond acceptors (Lipinski definition) is 4. The predicted octanol–water partition coefficient (Wildman–Crippen LogP) is 1.33. The van der Waals surface area contributed by atoms with Gasteiger partial charge in [0, 0.05) is 18.2 Å². The largest absolute Gasteiger partial charge is 0.478 e. The van der Waals surface area contributed by atoms with Gasteiger partial charge in [-0.3, -0.25) is 4.79 Å². The number of halogens is 2. The fourth-order valence-corrected chi connectivity index (χ4v) is 1.23. The van der Waals surface area contributed by atoms with Crippen LogP contribution in [-0.4, -0.2) is 30.1 Å². The van der Waals surface area contributed by atoms with E-state index in [0.717, 1.165) is 13.2 Å². The van der Waals surface area contributed by atoms with E-state index in [1.165, 1.54) is 0 Å². The van der Waals surface area contributed by atoms with Crippen LogP contribution in [0, 0.1) is 11.6 Å². The van der Waals surface area contributed by atoms with E-state index in [0.29, 0.717) is 18.2 Å². The minimum Gasteiger partial charge on any atom is -0.478 e. The number of carboxylic acids is 1. The van der Waals surface area contributed by atoms with Gasteiger partial charge in [-0.1, -0.05) is 0 Å². The molecule has 0 spiro atoms. The van der Waals surface area contributed by atoms with Gasteiger partial charge in [-0.25, -0.2) is 18.4 Å². The van der Waals surface area contributed by atoms with Crippen molar-refractivity contribution in [2.24, 2.45) is 0 Å². The van der Waals surface area contributed by atoms with Crippen molar-refractivity contribution in [3.63, 3.8) is 0 Å². The summed E-state index contributed by atoms with van der Waals surface area (Å²) in [5.41, 5.74) is -1.04. The highest BCUT2D eigenvalue weighted by Gasteiger charge is 2.17. The van der Waals surface area contributed by atoms with Gasteiger partial charge in [0.05, 0.1) is 18.4 Å². The van der Waals surface area contributed by atoms with E-state index in [1.807, 2.05) is 5.32 Å². The molecule has 20 heavy (non-hydrogen) atoms. The molecule has 0 atom stereocenters. The number of benzene rings is 1. The lowest BCUT2D eigenvalue weighted by atomic mass is 10.1. The smallest absolute Gasteiger partial charge is 0.340 e. The van der Waals surface area contributed by atoms with Gasteiger partial charge in [0.1, 0.15) is 11.6 Å². The maximum Gasteiger partial charge on any atom is 0.340 e. The first-order chi connectivity index (χ1) is 9.35. The minimum atomic E-state index is -1.37. The van der Waals surface area contributed by atoms with Gasteiger partial charge in [-0.05, 0) is 6.07 Å². The van der Waals surface area contributed by atoms with Crippen LogP contribution in [0.4, 0.5) is 14.5 Å². The first kappa shape index (κ1) is 15.3. The van der Waals surface area contributed by atoms with Crippen molar-refractivity contribution in [3.8, 4) is 0 Å². The zero-order valence-corrected chi connectivity index (χ0v) is 10.1. The van der Waals surface area contributed by atoms with Crippen molar-refractivity contribution < 1.29 is 33.0 Å². The molecule has 8 heteroatoms. The standard InChI is InChI=1S/C12H9F2NO5/c1-20-12(19)6-4-9(8(14)5-7(6)13)15-10(16)2-3-11(17)18/h2-5H,1H3,(H,15,16)(H,17,18)/b3-2+. The Morgan fingerprint density at radius 2 is 1.85 bits per heavy atom. The third-order valence-corrected chi connectivity index (χ3v) is 2.10. The van der Waals surface area contributed by atoms with E-state index in [-0.39, 0.29) is 0 Å². The maximum atomic E-state index is 13.4. The molecular weight excluding hydrogens is 276 g/mol. The van der Waals surface area contributed by atoms with Crippen LogP contribution in [0.1, 0.15) is 10.4 Å². The van der Waals surface area contributed by atoms with E-state index in [2.05, 4.69) is 4.74 Å². The average Bonchev–Trinajstić information content (AvgIpc) is 2.38. The first-order valence-corrected chi connectivity index (χ1v) is 5.14. The number of rotatable bonds is 4. The molecule has 0 bridgehead atoms. The zero-order valence-electron chi connectivity index (χ0n) is 10.1. The van der Waals surface area contributed by atoms with Crippen molar-refractivity contribution in [1.82, 2.24) is 0 Å². The first-order valence-electron chi connectivity index (χ1n) is 5.14. The Kier molecular flexibility index (Phi) is 4.90. The monoisotopic (exact) mass is 285 g/mol. The summed E-state index contributed by atoms with van der Waals surface area (Å²) in [6, 6.07) is 1.16. The van der Waals surface area contributed by atoms with Crippen LogP contribution >= 0.6 is 0 Å². The quantitative estimate of drug-likeness (QED) is 0.643. The van der Waals surface area contributed by atoms with Gasteiger partial charge in [0.25, 0.3) is 0 Å². The second kappa shape index (κ2) is 6.41. The predicted molar refractivity (Wildman–Crippen MR) is 63.1 cm³/mol. The Morgan fingerprint density at radius 1 is 1.20 bits per heavy atom. The summed E-state index contributed by atoms with van der Waals surface area (Å²) < 4.78 is 31.0. The number of carbonyl (C=O) groups excluding carboxylic acids is 2. The van der Waals surface area contributed by atoms with E-state index in [9.17, 15) is 23.2 Å². The van der Waals surface area contributed by atoms with Gasteiger partial charge in [-0.2, -0.15) is 0 Å². The average molecular weight is 285 g/mol. The normalized spacial score (nSPS) is 10.3. The van der Waals surface area contributed by atoms with Crippen LogP contribution < -0.4 is 5.32 Å². The number of hydrogen-bond donors (Lipinski definition) is 2. The lowest BCUT2D eigenvalue weighted by molar-refractivity contribution is -0.131. The molecule has 0 aromatic heterocycles. The molecule has 0 fully saturated rings. The summed E-state index contributed by atoms with van der Waals surface area (Å²) in [5.74, 6) is -5.62. The van der Waals surface area contributed by atoms with E-state index >= 15 is 0 Å². The molecule has 0 radical (unpaired) electrons. The lowest BCUT2D eigenvalue weighted by Crippen LogP contribution is -2.13. The molecule has 0 unspecified atom stereocenters. The molecule has 0 aliphatic carbocycles. The third kappa shape index (κ3) is 3.87. The van der Waals surface area contributed by atoms with Gasteiger partial charge in [0.15, 0.2) is 0 Å². The van der Waals surface area contributed by atoms with Gasteiger partial charge in [-0.15, -0.1) is 0 Å². The van der Waals surface area contributed by atoms with Crippen LogP contribution in [0.2, 0.25) is 0 Å². The Labute approximate surface area is 111 Å². The van der Waals surface area contributed by atoms with Gasteiger partial charge in [0.2, 0.25) is 5.91 Å². The summed E-state index contributed by atoms with van der Waals surface area (Å²) in [6.45, 7) is 0. The number of nitrogens with one attached hydrogen (secondary N) is 1. The van der Waals surface area contributed by atoms with Crippen LogP contribution in [0.15, 0.2) is 24.3 Å². The van der Waals surface area contributed by atoms with Crippen molar-refractivity contribution in [2.45, 2.75) is 0 Å². The fraction of sp³-hybridized carbons (Fsp3) is 0.0833. The second-order valence-electron chi connectivity index (χ2n) is 3.46. The van der Waals surface area contributed by atoms with Gasteiger partial charge < -0.3 is 15.2 Å². The molecule has 1 rings (SSSR count). The summed E-state index contributed by atoms with van der Waals surface area (Å²) in [7, 11) is 1.01. The molecule has 0 saturated carbocycles. The Hall–Kier alpha value is -2.77. The van der Waals surface area contributed by atoms with Crippen LogP contribution in [0.25, 0.3) is 0 Å². The Balaban J connectivity index is 3.04. The number of anilines is 1. The Morgan fingerprint density at radius 3 is 2.40 bits per heavy atom. The van der Waals surface area contributed by atoms with Crippen LogP contribution in [-0.2, 0) is 14.3 Å². The Bertz CT molecular complexity index is 598. The molecule has 1 aromatic carbocycles. The molecule has 1 aromatic rings. The SMILES string of the molecule is COC(=O)c1cc(NC(=O)/C=C/C(=O)O)c(F)cc1F. The number of carbonyl (C=O) groups is 3. The topological polar surface area (TPSA) is 92.7 Å². The maximum absolute atomic E-state index is 13.4. The molecule has 0 aliphatic rings. The van der Waals surface area contributed by atoms with Crippen LogP contribution in [0.5, 0.6) is 0 Å². The summed E-state index contributed by atoms with van der Waals surface area (Å²) in [4.78, 5) is 32.7. The highest BCUT2D eigenvalue weighted by atomic mass is 19.1. The molecular formula is C12H9F2NO5. The molecule has 0 aliphatic heterocycles. The van der Waals surface area contributed by atoms with E-state index in [4.69, 9.17) is 5.11 Å². The fourth-order valence-electron chi connectivity index (χ4n) is 1.23. The van der Waals surface area contributed by atoms with E-state index in [1.54, 1.807) is 0 Å². The van der Waals surface area contributed by atoms with Crippen molar-refractivity contribution in [1.29, 1.82) is 0 Å². The zero-order chi connectivity index (χ0) is 15.3. The summed E-state index contributed by atoms with van der Waals surface area (Å²) in [6.07, 6.45) is 1.18. The number of ether oxygens (including phenoxy) is 1. The number of carboxylic acid groups (broad SMARTS) is 1. The number of esters is 1. The third-order valence-electron chi connectivity index (χ3n) is 2.10. The molecule has 0 heterocycles. The highest BCUT2D eigenvalue weighted by molar-refractivity contribution is 6.03. The summed E-state index contributed by atoms with van der Waals surface area (Å²) in [5, 5.41) is 10.3. The minimum absolute atomic E-state index is 0.406. The second-order valence-corrected chi connectivity index (χ2v) is 3.46. The van der Waals surface area contributed by atoms with Crippen LogP contribution in [0.3, 0.4) is 0 Å². The lowest BCUT2D eigenvalue weighted by Gasteiger charge is -2.07. The van der Waals surface area contributed by atoms with Crippen molar-refractivity contribution in [3.05, 3.63) is 41.5 Å². The molecule has 0 saturated heterocycles. The molecule has 2 N–H and O–H groups in total. The summed E-state index contributed by atoms with van der Waals surface area (Å²) >= 11 is 0. The highest BCUT2D eigenvalue weighted by Crippen LogP contribution is 2.20. The van der Waals surface area contributed by atoms with E-state index < -0.39 is 40.7 Å². The molecule has 106 valence electrons. The number of aliphatic carboxylic acids is 1. The number of amides is 1. The van der Waals surface area contributed by atoms with Crippen molar-refractivity contribution >= 4 is 23.5 Å². The molecule has 6 nitrogen and oxygen atoms in total. The van der Waals surface area contributed by atoms with Gasteiger partial charge >= 0.3 is 11.9 Å². The van der Waals surface area contributed by atoms with Crippen molar-refractivity contribution in [2.75, 3.05) is 12.4 Å². The number of methoxy groups -OCH3 is 1.